The van der Waals surface area contributed by atoms with Crippen LogP contribution in [0, 0.1) is 0 Å². The number of pyridine rings is 1. The van der Waals surface area contributed by atoms with Crippen LogP contribution in [0.15, 0.2) is 27.1 Å². The Morgan fingerprint density at radius 1 is 1.23 bits per heavy atom. The van der Waals surface area contributed by atoms with Gasteiger partial charge in [-0.05, 0) is 52.2 Å². The maximum absolute atomic E-state index is 12.9. The average molecular weight is 385 g/mol. The molecular formula is C17H18F3N3O2S. The Kier molecular flexibility index (Phi) is 4.87. The van der Waals surface area contributed by atoms with E-state index in [4.69, 9.17) is 4.42 Å². The third-order valence-electron chi connectivity index (χ3n) is 3.80. The SMILES string of the molecule is CC(C)(C)[S@+]([O-])/N=C1\CCCc2nc(-c3ccnc(C(F)(F)F)c3)oc21. The van der Waals surface area contributed by atoms with Gasteiger partial charge in [0.2, 0.25) is 5.89 Å². The first-order chi connectivity index (χ1) is 12.1. The lowest BCUT2D eigenvalue weighted by Crippen LogP contribution is -2.27. The van der Waals surface area contributed by atoms with Gasteiger partial charge in [0.25, 0.3) is 0 Å². The average Bonchev–Trinajstić information content (AvgIpc) is 2.98. The summed E-state index contributed by atoms with van der Waals surface area (Å²) in [6, 6.07) is 2.32. The van der Waals surface area contributed by atoms with Crippen molar-refractivity contribution in [3.05, 3.63) is 35.5 Å². The van der Waals surface area contributed by atoms with Crippen molar-refractivity contribution in [2.75, 3.05) is 0 Å². The molecule has 0 N–H and O–H groups in total. The van der Waals surface area contributed by atoms with Crippen LogP contribution in [-0.2, 0) is 24.0 Å². The summed E-state index contributed by atoms with van der Waals surface area (Å²) in [5.74, 6) is 0.494. The number of halogens is 3. The molecule has 0 aromatic carbocycles. The number of aromatic nitrogens is 2. The molecule has 1 aliphatic carbocycles. The Bertz CT molecular complexity index is 841. The van der Waals surface area contributed by atoms with E-state index >= 15 is 0 Å². The van der Waals surface area contributed by atoms with Crippen molar-refractivity contribution in [3.63, 3.8) is 0 Å². The maximum Gasteiger partial charge on any atom is 0.433 e. The van der Waals surface area contributed by atoms with Gasteiger partial charge in [0, 0.05) is 11.8 Å². The molecule has 1 aliphatic rings. The first kappa shape index (κ1) is 18.9. The van der Waals surface area contributed by atoms with E-state index in [2.05, 4.69) is 14.4 Å². The van der Waals surface area contributed by atoms with E-state index in [1.54, 1.807) is 0 Å². The van der Waals surface area contributed by atoms with Crippen molar-refractivity contribution in [3.8, 4) is 11.5 Å². The van der Waals surface area contributed by atoms with Crippen molar-refractivity contribution in [1.82, 2.24) is 9.97 Å². The molecule has 5 nitrogen and oxygen atoms in total. The highest BCUT2D eigenvalue weighted by molar-refractivity contribution is 7.91. The topological polar surface area (TPSA) is 74.3 Å². The predicted octanol–water partition coefficient (Wildman–Crippen LogP) is 4.34. The second-order valence-electron chi connectivity index (χ2n) is 6.98. The monoisotopic (exact) mass is 385 g/mol. The lowest BCUT2D eigenvalue weighted by molar-refractivity contribution is -0.141. The van der Waals surface area contributed by atoms with E-state index in [1.165, 1.54) is 6.07 Å². The summed E-state index contributed by atoms with van der Waals surface area (Å²) in [5, 5.41) is 0. The summed E-state index contributed by atoms with van der Waals surface area (Å²) < 4.78 is 60.4. The van der Waals surface area contributed by atoms with E-state index in [1.807, 2.05) is 20.8 Å². The zero-order valence-corrected chi connectivity index (χ0v) is 15.4. The summed E-state index contributed by atoms with van der Waals surface area (Å²) in [5.41, 5.74) is 0.358. The van der Waals surface area contributed by atoms with Gasteiger partial charge in [0.05, 0.1) is 5.69 Å². The molecule has 9 heteroatoms. The van der Waals surface area contributed by atoms with Gasteiger partial charge in [-0.2, -0.15) is 13.2 Å². The number of alkyl halides is 3. The number of hydrogen-bond acceptors (Lipinski definition) is 5. The Balaban J connectivity index is 1.99. The summed E-state index contributed by atoms with van der Waals surface area (Å²) >= 11 is -1.45. The second-order valence-corrected chi connectivity index (χ2v) is 8.88. The van der Waals surface area contributed by atoms with E-state index in [-0.39, 0.29) is 11.5 Å². The molecule has 1 atom stereocenters. The predicted molar refractivity (Wildman–Crippen MR) is 92.1 cm³/mol. The third kappa shape index (κ3) is 3.93. The van der Waals surface area contributed by atoms with E-state index in [0.717, 1.165) is 18.7 Å². The Morgan fingerprint density at radius 3 is 2.62 bits per heavy atom. The number of oxazole rings is 1. The number of fused-ring (bicyclic) bond motifs is 1. The van der Waals surface area contributed by atoms with Crippen LogP contribution in [0.3, 0.4) is 0 Å². The van der Waals surface area contributed by atoms with Gasteiger partial charge in [0.1, 0.15) is 27.5 Å². The van der Waals surface area contributed by atoms with Crippen LogP contribution < -0.4 is 0 Å². The van der Waals surface area contributed by atoms with Crippen molar-refractivity contribution in [2.45, 2.75) is 51.0 Å². The lowest BCUT2D eigenvalue weighted by Gasteiger charge is -2.20. The highest BCUT2D eigenvalue weighted by atomic mass is 32.2. The van der Waals surface area contributed by atoms with Crippen LogP contribution in [0.4, 0.5) is 13.2 Å². The van der Waals surface area contributed by atoms with Crippen molar-refractivity contribution in [1.29, 1.82) is 0 Å². The highest BCUT2D eigenvalue weighted by Gasteiger charge is 2.34. The van der Waals surface area contributed by atoms with Gasteiger partial charge in [0.15, 0.2) is 5.76 Å². The Hall–Kier alpha value is -1.87. The van der Waals surface area contributed by atoms with Crippen molar-refractivity contribution >= 4 is 17.1 Å². The van der Waals surface area contributed by atoms with Gasteiger partial charge in [-0.1, -0.05) is 4.40 Å². The van der Waals surface area contributed by atoms with E-state index < -0.39 is 28.0 Å². The fraction of sp³-hybridized carbons (Fsp3) is 0.471. The molecule has 0 fully saturated rings. The molecule has 0 amide bonds. The maximum atomic E-state index is 12.9. The molecule has 0 unspecified atom stereocenters. The molecule has 3 rings (SSSR count). The molecule has 0 aliphatic heterocycles. The van der Waals surface area contributed by atoms with Crippen LogP contribution >= 0.6 is 0 Å². The van der Waals surface area contributed by atoms with Gasteiger partial charge >= 0.3 is 6.18 Å². The van der Waals surface area contributed by atoms with Gasteiger partial charge in [-0.3, -0.25) is 4.98 Å². The molecule has 0 saturated heterocycles. The minimum atomic E-state index is -4.54. The van der Waals surface area contributed by atoms with Crippen molar-refractivity contribution < 1.29 is 22.1 Å². The fourth-order valence-electron chi connectivity index (χ4n) is 2.45. The highest BCUT2D eigenvalue weighted by Crippen LogP contribution is 2.33. The molecule has 2 aromatic heterocycles. The van der Waals surface area contributed by atoms with Gasteiger partial charge in [-0.25, -0.2) is 4.98 Å². The smallest absolute Gasteiger partial charge is 0.433 e. The molecule has 26 heavy (non-hydrogen) atoms. The largest absolute Gasteiger partial charge is 0.591 e. The Labute approximate surface area is 152 Å². The van der Waals surface area contributed by atoms with Crippen LogP contribution in [0.25, 0.3) is 11.5 Å². The standard InChI is InChI=1S/C17H18F3N3O2S/c1-16(2,3)26(24)23-12-6-4-5-11-14(12)25-15(22-11)10-7-8-21-13(9-10)17(18,19)20/h7-9H,4-6H2,1-3H3/b23-12+/t26-/m0/s1. The summed E-state index contributed by atoms with van der Waals surface area (Å²) in [6.45, 7) is 5.45. The first-order valence-corrected chi connectivity index (χ1v) is 9.19. The molecular weight excluding hydrogens is 367 g/mol. The molecule has 140 valence electrons. The van der Waals surface area contributed by atoms with Crippen LogP contribution in [0.5, 0.6) is 0 Å². The quantitative estimate of drug-likeness (QED) is 0.721. The minimum Gasteiger partial charge on any atom is -0.591 e. The normalized spacial score (nSPS) is 18.0. The van der Waals surface area contributed by atoms with Crippen molar-refractivity contribution in [2.24, 2.45) is 4.40 Å². The fourth-order valence-corrected chi connectivity index (χ4v) is 3.10. The Morgan fingerprint density at radius 2 is 1.96 bits per heavy atom. The van der Waals surface area contributed by atoms with Crippen LogP contribution in [0.1, 0.15) is 50.8 Å². The van der Waals surface area contributed by atoms with E-state index in [9.17, 15) is 17.7 Å². The number of rotatable bonds is 2. The molecule has 0 spiro atoms. The minimum absolute atomic E-state index is 0.0824. The molecule has 0 radical (unpaired) electrons. The zero-order valence-electron chi connectivity index (χ0n) is 14.6. The van der Waals surface area contributed by atoms with Gasteiger partial charge in [-0.15, -0.1) is 0 Å². The number of aryl methyl sites for hydroxylation is 1. The molecule has 0 saturated carbocycles. The van der Waals surface area contributed by atoms with Crippen LogP contribution in [0.2, 0.25) is 0 Å². The van der Waals surface area contributed by atoms with Crippen LogP contribution in [-0.4, -0.2) is 25.0 Å². The summed E-state index contributed by atoms with van der Waals surface area (Å²) in [4.78, 5) is 7.66. The third-order valence-corrected chi connectivity index (χ3v) is 5.23. The second kappa shape index (κ2) is 6.70. The zero-order chi connectivity index (χ0) is 19.1. The molecule has 2 heterocycles. The summed E-state index contributed by atoms with van der Waals surface area (Å²) in [6.07, 6.45) is -1.47. The van der Waals surface area contributed by atoms with Gasteiger partial charge < -0.3 is 8.97 Å². The summed E-state index contributed by atoms with van der Waals surface area (Å²) in [7, 11) is 0. The number of nitrogens with zero attached hydrogens (tertiary/aromatic N) is 3. The number of hydrogen-bond donors (Lipinski definition) is 0. The molecule has 0 bridgehead atoms. The molecule has 2 aromatic rings. The first-order valence-electron chi connectivity index (χ1n) is 8.09. The van der Waals surface area contributed by atoms with E-state index in [0.29, 0.717) is 30.0 Å². The lowest BCUT2D eigenvalue weighted by atomic mass is 10.0.